The average molecular weight is 359 g/mol. The molecule has 23 heavy (non-hydrogen) atoms. The van der Waals surface area contributed by atoms with Gasteiger partial charge in [0.2, 0.25) is 0 Å². The summed E-state index contributed by atoms with van der Waals surface area (Å²) in [4.78, 5) is 28.8. The minimum Gasteiger partial charge on any atom is -0.449 e. The number of amides is 1. The number of piperidine rings is 1. The van der Waals surface area contributed by atoms with E-state index >= 15 is 0 Å². The zero-order chi connectivity index (χ0) is 16.3. The lowest BCUT2D eigenvalue weighted by Gasteiger charge is -2.25. The monoisotopic (exact) mass is 359 g/mol. The molecule has 7 nitrogen and oxygen atoms in total. The molecule has 0 spiro atoms. The van der Waals surface area contributed by atoms with Crippen molar-refractivity contribution in [3.8, 4) is 0 Å². The second kappa shape index (κ2) is 10.4. The van der Waals surface area contributed by atoms with Gasteiger partial charge < -0.3 is 14.4 Å². The van der Waals surface area contributed by atoms with E-state index < -0.39 is 6.09 Å². The Morgan fingerprint density at radius 3 is 2.26 bits per heavy atom. The molecule has 1 amide bonds. The minimum atomic E-state index is -0.427. The van der Waals surface area contributed by atoms with Crippen molar-refractivity contribution in [1.82, 2.24) is 14.5 Å². The van der Waals surface area contributed by atoms with Crippen LogP contribution in [0.15, 0.2) is 18.7 Å². The van der Waals surface area contributed by atoms with Gasteiger partial charge in [-0.05, 0) is 19.3 Å². The highest BCUT2D eigenvalue weighted by molar-refractivity contribution is 8.76. The molecular formula is C14H21N3O4S2. The van der Waals surface area contributed by atoms with Crippen LogP contribution in [0.3, 0.4) is 0 Å². The average Bonchev–Trinajstić information content (AvgIpc) is 3.12. The lowest BCUT2D eigenvalue weighted by Crippen LogP contribution is -2.36. The van der Waals surface area contributed by atoms with E-state index in [1.807, 2.05) is 0 Å². The summed E-state index contributed by atoms with van der Waals surface area (Å²) in [5.41, 5.74) is 0. The Hall–Kier alpha value is -1.35. The molecule has 0 N–H and O–H groups in total. The summed E-state index contributed by atoms with van der Waals surface area (Å²) in [6.07, 6.45) is 7.17. The van der Waals surface area contributed by atoms with Crippen LogP contribution < -0.4 is 0 Å². The fraction of sp³-hybridized carbons (Fsp3) is 0.643. The van der Waals surface area contributed by atoms with E-state index in [1.54, 1.807) is 32.7 Å². The van der Waals surface area contributed by atoms with Crippen LogP contribution >= 0.6 is 21.6 Å². The third kappa shape index (κ3) is 6.74. The molecule has 1 aromatic heterocycles. The van der Waals surface area contributed by atoms with E-state index in [0.29, 0.717) is 19.0 Å². The molecule has 128 valence electrons. The Morgan fingerprint density at radius 1 is 1.00 bits per heavy atom. The van der Waals surface area contributed by atoms with Crippen molar-refractivity contribution in [1.29, 1.82) is 0 Å². The summed E-state index contributed by atoms with van der Waals surface area (Å²) in [5.74, 6) is 1.41. The lowest BCUT2D eigenvalue weighted by molar-refractivity contribution is 0.101. The number of ether oxygens (including phenoxy) is 2. The SMILES string of the molecule is O=C(OCCSSCCOC(=O)n1ccnc1)N1CCCCC1. The van der Waals surface area contributed by atoms with E-state index in [1.165, 1.54) is 23.5 Å². The molecule has 9 heteroatoms. The molecule has 1 aliphatic rings. The van der Waals surface area contributed by atoms with Gasteiger partial charge in [-0.25, -0.2) is 19.1 Å². The van der Waals surface area contributed by atoms with Crippen LogP contribution in [-0.4, -0.2) is 64.4 Å². The number of hydrogen-bond donors (Lipinski definition) is 0. The van der Waals surface area contributed by atoms with Gasteiger partial charge in [0.05, 0.1) is 0 Å². The van der Waals surface area contributed by atoms with Crippen molar-refractivity contribution in [2.75, 3.05) is 37.8 Å². The highest BCUT2D eigenvalue weighted by atomic mass is 33.1. The second-order valence-electron chi connectivity index (χ2n) is 4.89. The topological polar surface area (TPSA) is 73.7 Å². The van der Waals surface area contributed by atoms with Crippen molar-refractivity contribution in [3.05, 3.63) is 18.7 Å². The summed E-state index contributed by atoms with van der Waals surface area (Å²) in [5, 5.41) is 0. The molecule has 0 unspecified atom stereocenters. The van der Waals surface area contributed by atoms with Gasteiger partial charge in [-0.15, -0.1) is 0 Å². The number of likely N-dealkylation sites (tertiary alicyclic amines) is 1. The molecule has 1 aliphatic heterocycles. The number of carbonyl (C=O) groups is 2. The fourth-order valence-electron chi connectivity index (χ4n) is 2.05. The molecule has 1 saturated heterocycles. The zero-order valence-electron chi connectivity index (χ0n) is 12.9. The summed E-state index contributed by atoms with van der Waals surface area (Å²) >= 11 is 0. The standard InChI is InChI=1S/C14H21N3O4S2/c18-13(16-5-2-1-3-6-16)20-8-10-22-23-11-9-21-14(19)17-7-4-15-12-17/h4,7,12H,1-3,5-6,8-11H2. The van der Waals surface area contributed by atoms with Crippen LogP contribution in [0.2, 0.25) is 0 Å². The molecule has 0 aliphatic carbocycles. The van der Waals surface area contributed by atoms with E-state index in [0.717, 1.165) is 31.7 Å². The highest BCUT2D eigenvalue weighted by Gasteiger charge is 2.17. The summed E-state index contributed by atoms with van der Waals surface area (Å²) in [6, 6.07) is 0. The summed E-state index contributed by atoms with van der Waals surface area (Å²) in [7, 11) is 3.19. The van der Waals surface area contributed by atoms with Crippen molar-refractivity contribution in [2.45, 2.75) is 19.3 Å². The van der Waals surface area contributed by atoms with E-state index in [2.05, 4.69) is 4.98 Å². The Kier molecular flexibility index (Phi) is 8.16. The van der Waals surface area contributed by atoms with Crippen LogP contribution in [0, 0.1) is 0 Å². The van der Waals surface area contributed by atoms with Gasteiger partial charge in [-0.3, -0.25) is 0 Å². The largest absolute Gasteiger partial charge is 0.449 e. The maximum Gasteiger partial charge on any atom is 0.419 e. The molecule has 2 rings (SSSR count). The molecule has 0 saturated carbocycles. The van der Waals surface area contributed by atoms with E-state index in [9.17, 15) is 9.59 Å². The van der Waals surface area contributed by atoms with Gasteiger partial charge in [0.15, 0.2) is 0 Å². The molecule has 0 atom stereocenters. The molecule has 1 aromatic rings. The predicted molar refractivity (Wildman–Crippen MR) is 90.7 cm³/mol. The zero-order valence-corrected chi connectivity index (χ0v) is 14.5. The molecule has 0 radical (unpaired) electrons. The lowest BCUT2D eigenvalue weighted by atomic mass is 10.1. The first-order valence-electron chi connectivity index (χ1n) is 7.58. The Balaban J connectivity index is 1.42. The van der Waals surface area contributed by atoms with Crippen LogP contribution in [0.25, 0.3) is 0 Å². The van der Waals surface area contributed by atoms with Crippen LogP contribution in [0.5, 0.6) is 0 Å². The van der Waals surface area contributed by atoms with Crippen molar-refractivity contribution < 1.29 is 19.1 Å². The minimum absolute atomic E-state index is 0.204. The van der Waals surface area contributed by atoms with Gasteiger partial charge in [0.1, 0.15) is 19.5 Å². The molecule has 2 heterocycles. The number of hydrogen-bond acceptors (Lipinski definition) is 7. The molecule has 0 aromatic carbocycles. The van der Waals surface area contributed by atoms with Crippen molar-refractivity contribution in [2.24, 2.45) is 0 Å². The summed E-state index contributed by atoms with van der Waals surface area (Å²) < 4.78 is 11.6. The van der Waals surface area contributed by atoms with Gasteiger partial charge in [0, 0.05) is 37.0 Å². The second-order valence-corrected chi connectivity index (χ2v) is 7.59. The number of imidazole rings is 1. The van der Waals surface area contributed by atoms with Crippen LogP contribution in [-0.2, 0) is 9.47 Å². The summed E-state index contributed by atoms with van der Waals surface area (Å²) in [6.45, 7) is 2.36. The Bertz CT molecular complexity index is 478. The van der Waals surface area contributed by atoms with Gasteiger partial charge in [-0.1, -0.05) is 21.6 Å². The molecular weight excluding hydrogens is 338 g/mol. The van der Waals surface area contributed by atoms with Gasteiger partial charge in [-0.2, -0.15) is 0 Å². The fourth-order valence-corrected chi connectivity index (χ4v) is 3.71. The number of carbonyl (C=O) groups excluding carboxylic acids is 2. The number of aromatic nitrogens is 2. The number of rotatable bonds is 7. The molecule has 0 bridgehead atoms. The smallest absolute Gasteiger partial charge is 0.419 e. The first-order valence-corrected chi connectivity index (χ1v) is 10.1. The first kappa shape index (κ1) is 18.0. The maximum absolute atomic E-state index is 11.7. The van der Waals surface area contributed by atoms with Crippen molar-refractivity contribution >= 4 is 33.8 Å². The third-order valence-electron chi connectivity index (χ3n) is 3.20. The highest BCUT2D eigenvalue weighted by Crippen LogP contribution is 2.20. The van der Waals surface area contributed by atoms with Crippen molar-refractivity contribution in [3.63, 3.8) is 0 Å². The van der Waals surface area contributed by atoms with Crippen LogP contribution in [0.1, 0.15) is 19.3 Å². The number of nitrogens with zero attached hydrogens (tertiary/aromatic N) is 3. The normalized spacial score (nSPS) is 14.5. The quantitative estimate of drug-likeness (QED) is 0.547. The van der Waals surface area contributed by atoms with E-state index in [4.69, 9.17) is 9.47 Å². The Labute approximate surface area is 143 Å². The van der Waals surface area contributed by atoms with Gasteiger partial charge >= 0.3 is 12.2 Å². The Morgan fingerprint density at radius 2 is 1.65 bits per heavy atom. The first-order chi connectivity index (χ1) is 11.3. The van der Waals surface area contributed by atoms with Gasteiger partial charge in [0.25, 0.3) is 0 Å². The maximum atomic E-state index is 11.7. The van der Waals surface area contributed by atoms with Crippen LogP contribution in [0.4, 0.5) is 9.59 Å². The third-order valence-corrected chi connectivity index (χ3v) is 5.53. The predicted octanol–water partition coefficient (Wildman–Crippen LogP) is 2.87. The van der Waals surface area contributed by atoms with E-state index in [-0.39, 0.29) is 6.09 Å². The molecule has 1 fully saturated rings.